The molecule has 7 nitrogen and oxygen atoms in total. The van der Waals surface area contributed by atoms with Crippen LogP contribution in [-0.2, 0) is 16.2 Å². The van der Waals surface area contributed by atoms with E-state index in [1.807, 2.05) is 97.9 Å². The zero-order chi connectivity index (χ0) is 32.1. The zero-order valence-corrected chi connectivity index (χ0v) is 26.1. The largest absolute Gasteiger partial charge is 0.489 e. The highest BCUT2D eigenvalue weighted by Gasteiger charge is 2.16. The number of aryl methyl sites for hydroxylation is 1. The average molecular weight is 628 g/mol. The summed E-state index contributed by atoms with van der Waals surface area (Å²) >= 11 is 1.36. The van der Waals surface area contributed by atoms with Crippen molar-refractivity contribution in [2.45, 2.75) is 18.4 Å². The van der Waals surface area contributed by atoms with Crippen molar-refractivity contribution in [3.8, 4) is 5.75 Å². The summed E-state index contributed by atoms with van der Waals surface area (Å²) in [5, 5.41) is 8.55. The number of hydrogen-bond donors (Lipinski definition) is 3. The first-order valence-electron chi connectivity index (χ1n) is 14.7. The van der Waals surface area contributed by atoms with Gasteiger partial charge in [0, 0.05) is 21.8 Å². The Morgan fingerprint density at radius 2 is 1.39 bits per heavy atom. The molecule has 8 heteroatoms. The van der Waals surface area contributed by atoms with E-state index in [9.17, 15) is 14.4 Å². The summed E-state index contributed by atoms with van der Waals surface area (Å²) < 4.78 is 5.88. The molecule has 0 aliphatic carbocycles. The summed E-state index contributed by atoms with van der Waals surface area (Å²) in [6.07, 6.45) is 1.62. The molecule has 0 atom stereocenters. The molecule has 230 valence electrons. The van der Waals surface area contributed by atoms with Crippen LogP contribution in [0.1, 0.15) is 27.0 Å². The van der Waals surface area contributed by atoms with Crippen molar-refractivity contribution in [2.24, 2.45) is 0 Å². The molecule has 0 unspecified atom stereocenters. The van der Waals surface area contributed by atoms with Gasteiger partial charge in [-0.15, -0.1) is 11.8 Å². The molecule has 0 spiro atoms. The van der Waals surface area contributed by atoms with E-state index in [-0.39, 0.29) is 17.4 Å². The van der Waals surface area contributed by atoms with Crippen LogP contribution in [0.5, 0.6) is 5.75 Å². The Morgan fingerprint density at radius 3 is 2.11 bits per heavy atom. The molecule has 0 fully saturated rings. The number of carbonyl (C=O) groups is 3. The minimum atomic E-state index is -0.493. The second kappa shape index (κ2) is 15.9. The fourth-order valence-corrected chi connectivity index (χ4v) is 5.20. The number of thioether (sulfide) groups is 1. The molecule has 0 radical (unpaired) electrons. The minimum Gasteiger partial charge on any atom is -0.489 e. The minimum absolute atomic E-state index is 0.0717. The van der Waals surface area contributed by atoms with Gasteiger partial charge in [0.05, 0.1) is 5.75 Å². The van der Waals surface area contributed by atoms with Crippen molar-refractivity contribution in [3.63, 3.8) is 0 Å². The van der Waals surface area contributed by atoms with Gasteiger partial charge in [-0.3, -0.25) is 14.4 Å². The zero-order valence-electron chi connectivity index (χ0n) is 25.2. The Kier molecular flexibility index (Phi) is 11.0. The Morgan fingerprint density at radius 1 is 0.717 bits per heavy atom. The van der Waals surface area contributed by atoms with Crippen molar-refractivity contribution >= 4 is 46.9 Å². The first kappa shape index (κ1) is 31.8. The van der Waals surface area contributed by atoms with Gasteiger partial charge < -0.3 is 20.7 Å². The van der Waals surface area contributed by atoms with E-state index >= 15 is 0 Å². The second-order valence-electron chi connectivity index (χ2n) is 10.4. The standard InChI is InChI=1S/C38H33N3O4S/c1-27-10-8-15-31(22-27)39-36(42)26-46-34-17-9-16-32(24-34)40-38(44)35(41-37(43)30-13-6-3-7-14-30)23-28-18-20-33(21-19-28)45-25-29-11-4-2-5-12-29/h2-24H,25-26H2,1H3,(H,39,42)(H,40,44)(H,41,43)/b35-23+. The van der Waals surface area contributed by atoms with Crippen LogP contribution in [0.4, 0.5) is 11.4 Å². The van der Waals surface area contributed by atoms with Gasteiger partial charge >= 0.3 is 0 Å². The molecule has 0 saturated carbocycles. The van der Waals surface area contributed by atoms with Crippen molar-refractivity contribution < 1.29 is 19.1 Å². The smallest absolute Gasteiger partial charge is 0.272 e. The maximum atomic E-state index is 13.5. The third kappa shape index (κ3) is 9.70. The number of hydrogen-bond acceptors (Lipinski definition) is 5. The molecule has 3 amide bonds. The molecule has 5 rings (SSSR count). The molecule has 46 heavy (non-hydrogen) atoms. The van der Waals surface area contributed by atoms with Gasteiger partial charge in [-0.1, -0.05) is 78.9 Å². The van der Waals surface area contributed by atoms with Crippen molar-refractivity contribution in [1.82, 2.24) is 5.32 Å². The lowest BCUT2D eigenvalue weighted by atomic mass is 10.1. The number of benzene rings is 5. The van der Waals surface area contributed by atoms with Gasteiger partial charge in [-0.2, -0.15) is 0 Å². The SMILES string of the molecule is Cc1cccc(NC(=O)CSc2cccc(NC(=O)/C(=C\c3ccc(OCc4ccccc4)cc3)NC(=O)c3ccccc3)c2)c1. The highest BCUT2D eigenvalue weighted by molar-refractivity contribution is 8.00. The van der Waals surface area contributed by atoms with Gasteiger partial charge in [0.2, 0.25) is 5.91 Å². The Balaban J connectivity index is 1.26. The molecule has 5 aromatic carbocycles. The summed E-state index contributed by atoms with van der Waals surface area (Å²) in [4.78, 5) is 39.9. The topological polar surface area (TPSA) is 96.5 Å². The van der Waals surface area contributed by atoms with E-state index in [0.29, 0.717) is 29.2 Å². The van der Waals surface area contributed by atoms with Crippen molar-refractivity contribution in [1.29, 1.82) is 0 Å². The lowest BCUT2D eigenvalue weighted by Gasteiger charge is -2.12. The predicted octanol–water partition coefficient (Wildman–Crippen LogP) is 7.71. The maximum Gasteiger partial charge on any atom is 0.272 e. The number of carbonyl (C=O) groups excluding carboxylic acids is 3. The van der Waals surface area contributed by atoms with E-state index in [4.69, 9.17) is 4.74 Å². The monoisotopic (exact) mass is 627 g/mol. The van der Waals surface area contributed by atoms with E-state index < -0.39 is 11.8 Å². The van der Waals surface area contributed by atoms with E-state index in [1.54, 1.807) is 48.5 Å². The van der Waals surface area contributed by atoms with Gasteiger partial charge in [0.25, 0.3) is 11.8 Å². The molecule has 0 bridgehead atoms. The molecule has 3 N–H and O–H groups in total. The summed E-state index contributed by atoms with van der Waals surface area (Å²) in [5.41, 5.74) is 4.59. The third-order valence-corrected chi connectivity index (χ3v) is 7.73. The van der Waals surface area contributed by atoms with Crippen LogP contribution in [-0.4, -0.2) is 23.5 Å². The molecule has 0 saturated heterocycles. The first-order chi connectivity index (χ1) is 22.4. The highest BCUT2D eigenvalue weighted by atomic mass is 32.2. The molecule has 0 aromatic heterocycles. The fourth-order valence-electron chi connectivity index (χ4n) is 4.44. The third-order valence-electron chi connectivity index (χ3n) is 6.73. The van der Waals surface area contributed by atoms with Gasteiger partial charge in [0.1, 0.15) is 18.1 Å². The number of rotatable bonds is 12. The van der Waals surface area contributed by atoms with Crippen LogP contribution >= 0.6 is 11.8 Å². The lowest BCUT2D eigenvalue weighted by molar-refractivity contribution is -0.114. The summed E-state index contributed by atoms with van der Waals surface area (Å²) in [6.45, 7) is 2.41. The van der Waals surface area contributed by atoms with Gasteiger partial charge in [0.15, 0.2) is 0 Å². The quantitative estimate of drug-likeness (QED) is 0.0973. The normalized spacial score (nSPS) is 10.9. The van der Waals surface area contributed by atoms with Crippen molar-refractivity contribution in [2.75, 3.05) is 16.4 Å². The number of nitrogens with one attached hydrogen (secondary N) is 3. The Bertz CT molecular complexity index is 1820. The first-order valence-corrected chi connectivity index (χ1v) is 15.7. The second-order valence-corrected chi connectivity index (χ2v) is 11.5. The summed E-state index contributed by atoms with van der Waals surface area (Å²) in [7, 11) is 0. The fraction of sp³-hybridized carbons (Fsp3) is 0.0789. The van der Waals surface area contributed by atoms with E-state index in [0.717, 1.165) is 21.7 Å². The Hall–Kier alpha value is -5.60. The summed E-state index contributed by atoms with van der Waals surface area (Å²) in [6, 6.07) is 40.7. The molecular weight excluding hydrogens is 595 g/mol. The number of ether oxygens (including phenoxy) is 1. The van der Waals surface area contributed by atoms with Crippen LogP contribution in [0, 0.1) is 6.92 Å². The van der Waals surface area contributed by atoms with Crippen LogP contribution in [0.15, 0.2) is 144 Å². The predicted molar refractivity (Wildman–Crippen MR) is 185 cm³/mol. The van der Waals surface area contributed by atoms with Crippen LogP contribution in [0.3, 0.4) is 0 Å². The van der Waals surface area contributed by atoms with Gasteiger partial charge in [-0.05, 0) is 84.3 Å². The van der Waals surface area contributed by atoms with Gasteiger partial charge in [-0.25, -0.2) is 0 Å². The number of amides is 3. The molecule has 0 heterocycles. The van der Waals surface area contributed by atoms with Crippen LogP contribution < -0.4 is 20.7 Å². The van der Waals surface area contributed by atoms with E-state index in [1.165, 1.54) is 11.8 Å². The maximum absolute atomic E-state index is 13.5. The van der Waals surface area contributed by atoms with Crippen LogP contribution in [0.2, 0.25) is 0 Å². The number of anilines is 2. The van der Waals surface area contributed by atoms with Crippen LogP contribution in [0.25, 0.3) is 6.08 Å². The molecule has 5 aromatic rings. The summed E-state index contributed by atoms with van der Waals surface area (Å²) in [5.74, 6) is -0.145. The average Bonchev–Trinajstić information content (AvgIpc) is 3.08. The van der Waals surface area contributed by atoms with E-state index in [2.05, 4.69) is 16.0 Å². The lowest BCUT2D eigenvalue weighted by Crippen LogP contribution is -2.30. The molecule has 0 aliphatic heterocycles. The highest BCUT2D eigenvalue weighted by Crippen LogP contribution is 2.23. The molecular formula is C38H33N3O4S. The molecule has 0 aliphatic rings. The Labute approximate surface area is 272 Å². The van der Waals surface area contributed by atoms with Crippen molar-refractivity contribution in [3.05, 3.63) is 161 Å².